The second-order valence-electron chi connectivity index (χ2n) is 7.97. The number of halogens is 1. The van der Waals surface area contributed by atoms with E-state index in [9.17, 15) is 4.79 Å². The van der Waals surface area contributed by atoms with Gasteiger partial charge in [0, 0.05) is 19.8 Å². The van der Waals surface area contributed by atoms with E-state index < -0.39 is 0 Å². The summed E-state index contributed by atoms with van der Waals surface area (Å²) in [7, 11) is 3.95. The van der Waals surface area contributed by atoms with E-state index in [2.05, 4.69) is 15.9 Å². The predicted molar refractivity (Wildman–Crippen MR) is 153 cm³/mol. The molecule has 0 spiro atoms. The first-order chi connectivity index (χ1) is 16.9. The fourth-order valence-corrected chi connectivity index (χ4v) is 5.42. The number of carbonyl (C=O) groups is 1. The Morgan fingerprint density at radius 2 is 1.77 bits per heavy atom. The minimum Gasteiger partial charge on any atom is -0.490 e. The monoisotopic (exact) mass is 568 g/mol. The summed E-state index contributed by atoms with van der Waals surface area (Å²) in [5.41, 5.74) is 3.68. The molecule has 1 saturated heterocycles. The molecule has 4 rings (SSSR count). The number of amides is 1. The van der Waals surface area contributed by atoms with Crippen LogP contribution in [0.15, 0.2) is 76.1 Å². The molecule has 3 aromatic rings. The van der Waals surface area contributed by atoms with Crippen LogP contribution >= 0.6 is 39.9 Å². The van der Waals surface area contributed by atoms with Crippen LogP contribution in [0.4, 0.5) is 11.4 Å². The molecular weight excluding hydrogens is 544 g/mol. The number of benzene rings is 3. The normalized spacial score (nSPS) is 14.5. The smallest absolute Gasteiger partial charge is 0.270 e. The number of anilines is 2. The molecule has 8 heteroatoms. The topological polar surface area (TPSA) is 42.0 Å². The Labute approximate surface area is 223 Å². The number of carbonyl (C=O) groups excluding carboxylic acids is 1. The Morgan fingerprint density at radius 3 is 2.43 bits per heavy atom. The van der Waals surface area contributed by atoms with Crippen molar-refractivity contribution >= 4 is 67.6 Å². The third kappa shape index (κ3) is 5.89. The van der Waals surface area contributed by atoms with E-state index >= 15 is 0 Å². The van der Waals surface area contributed by atoms with Crippen molar-refractivity contribution in [3.8, 4) is 11.5 Å². The fraction of sp³-hybridized carbons (Fsp3) is 0.185. The van der Waals surface area contributed by atoms with E-state index in [0.717, 1.165) is 27.0 Å². The van der Waals surface area contributed by atoms with Crippen LogP contribution in [-0.2, 0) is 11.4 Å². The van der Waals surface area contributed by atoms with Crippen LogP contribution in [0.1, 0.15) is 18.1 Å². The third-order valence-corrected chi connectivity index (χ3v) is 7.16. The van der Waals surface area contributed by atoms with Crippen LogP contribution in [0.25, 0.3) is 6.08 Å². The summed E-state index contributed by atoms with van der Waals surface area (Å²) >= 11 is 10.4. The maximum atomic E-state index is 13.2. The van der Waals surface area contributed by atoms with Crippen LogP contribution in [0.3, 0.4) is 0 Å². The number of hydrogen-bond donors (Lipinski definition) is 0. The molecule has 0 saturated carbocycles. The highest BCUT2D eigenvalue weighted by atomic mass is 79.9. The molecular formula is C27H25BrN2O3S2. The van der Waals surface area contributed by atoms with Crippen LogP contribution in [0, 0.1) is 0 Å². The van der Waals surface area contributed by atoms with Crippen molar-refractivity contribution in [2.24, 2.45) is 0 Å². The molecule has 0 bridgehead atoms. The van der Waals surface area contributed by atoms with E-state index in [1.807, 2.05) is 98.7 Å². The zero-order valence-corrected chi connectivity index (χ0v) is 22.9. The lowest BCUT2D eigenvalue weighted by Crippen LogP contribution is -2.27. The summed E-state index contributed by atoms with van der Waals surface area (Å²) in [5, 5.41) is 0. The van der Waals surface area contributed by atoms with Gasteiger partial charge in [0.25, 0.3) is 5.91 Å². The molecule has 1 heterocycles. The van der Waals surface area contributed by atoms with Gasteiger partial charge in [0.1, 0.15) is 6.61 Å². The third-order valence-electron chi connectivity index (χ3n) is 5.27. The van der Waals surface area contributed by atoms with E-state index in [-0.39, 0.29) is 5.91 Å². The van der Waals surface area contributed by atoms with Gasteiger partial charge in [-0.1, -0.05) is 54.3 Å². The Bertz CT molecular complexity index is 1260. The van der Waals surface area contributed by atoms with Crippen molar-refractivity contribution in [3.63, 3.8) is 0 Å². The van der Waals surface area contributed by atoms with E-state index in [4.69, 9.17) is 21.7 Å². The fourth-order valence-electron chi connectivity index (χ4n) is 3.55. The lowest BCUT2D eigenvalue weighted by molar-refractivity contribution is -0.113. The Kier molecular flexibility index (Phi) is 8.15. The van der Waals surface area contributed by atoms with Gasteiger partial charge in [-0.25, -0.2) is 0 Å². The Hall–Kier alpha value is -2.81. The summed E-state index contributed by atoms with van der Waals surface area (Å²) in [4.78, 5) is 17.4. The summed E-state index contributed by atoms with van der Waals surface area (Å²) in [6.45, 7) is 2.83. The number of hydrogen-bond acceptors (Lipinski definition) is 6. The predicted octanol–water partition coefficient (Wildman–Crippen LogP) is 6.90. The molecule has 1 aliphatic rings. The highest BCUT2D eigenvalue weighted by Gasteiger charge is 2.33. The molecule has 1 aliphatic heterocycles. The molecule has 0 aliphatic carbocycles. The molecule has 0 radical (unpaired) electrons. The zero-order chi connectivity index (χ0) is 24.9. The van der Waals surface area contributed by atoms with Crippen LogP contribution in [-0.4, -0.2) is 30.9 Å². The molecule has 5 nitrogen and oxygen atoms in total. The summed E-state index contributed by atoms with van der Waals surface area (Å²) in [6.07, 6.45) is 1.84. The van der Waals surface area contributed by atoms with Crippen LogP contribution in [0.2, 0.25) is 0 Å². The van der Waals surface area contributed by atoms with E-state index in [0.29, 0.717) is 33.9 Å². The van der Waals surface area contributed by atoms with Crippen molar-refractivity contribution in [1.29, 1.82) is 0 Å². The molecule has 0 aromatic heterocycles. The first kappa shape index (κ1) is 25.3. The molecule has 3 aromatic carbocycles. The molecule has 1 amide bonds. The lowest BCUT2D eigenvalue weighted by atomic mass is 10.1. The first-order valence-electron chi connectivity index (χ1n) is 11.1. The van der Waals surface area contributed by atoms with Gasteiger partial charge in [-0.2, -0.15) is 0 Å². The maximum Gasteiger partial charge on any atom is 0.270 e. The second-order valence-corrected chi connectivity index (χ2v) is 10.5. The van der Waals surface area contributed by atoms with Crippen molar-refractivity contribution in [2.75, 3.05) is 30.5 Å². The minimum atomic E-state index is -0.143. The SMILES string of the molecule is CCOc1cc(/C=C2/SC(=S)N(c3ccc(N(C)C)cc3)C2=O)cc(Br)c1OCc1ccccc1. The van der Waals surface area contributed by atoms with Crippen molar-refractivity contribution in [3.05, 3.63) is 87.2 Å². The Balaban J connectivity index is 1.58. The standard InChI is InChI=1S/C27H25BrN2O3S2/c1-4-32-23-15-19(14-22(28)25(23)33-17-18-8-6-5-7-9-18)16-24-26(31)30(27(34)35-24)21-12-10-20(11-13-21)29(2)3/h5-16H,4,17H2,1-3H3/b24-16+. The van der Waals surface area contributed by atoms with Gasteiger partial charge < -0.3 is 14.4 Å². The average molecular weight is 570 g/mol. The van der Waals surface area contributed by atoms with Crippen molar-refractivity contribution in [2.45, 2.75) is 13.5 Å². The van der Waals surface area contributed by atoms with Crippen LogP contribution in [0.5, 0.6) is 11.5 Å². The summed E-state index contributed by atoms with van der Waals surface area (Å²) in [6, 6.07) is 21.5. The highest BCUT2D eigenvalue weighted by Crippen LogP contribution is 2.40. The number of nitrogens with zero attached hydrogens (tertiary/aromatic N) is 2. The number of thiocarbonyl (C=S) groups is 1. The summed E-state index contributed by atoms with van der Waals surface area (Å²) in [5.74, 6) is 1.09. The molecule has 1 fully saturated rings. The zero-order valence-electron chi connectivity index (χ0n) is 19.7. The molecule has 0 unspecified atom stereocenters. The Morgan fingerprint density at radius 1 is 1.06 bits per heavy atom. The first-order valence-corrected chi connectivity index (χ1v) is 13.1. The number of ether oxygens (including phenoxy) is 2. The molecule has 0 N–H and O–H groups in total. The minimum absolute atomic E-state index is 0.143. The quantitative estimate of drug-likeness (QED) is 0.217. The second kappa shape index (κ2) is 11.3. The number of rotatable bonds is 8. The van der Waals surface area contributed by atoms with Gasteiger partial charge in [-0.3, -0.25) is 9.69 Å². The molecule has 0 atom stereocenters. The van der Waals surface area contributed by atoms with E-state index in [1.165, 1.54) is 11.8 Å². The molecule has 180 valence electrons. The largest absolute Gasteiger partial charge is 0.490 e. The summed E-state index contributed by atoms with van der Waals surface area (Å²) < 4.78 is 13.2. The van der Waals surface area contributed by atoms with Gasteiger partial charge in [0.05, 0.1) is 21.7 Å². The molecule has 35 heavy (non-hydrogen) atoms. The van der Waals surface area contributed by atoms with E-state index in [1.54, 1.807) is 4.90 Å². The number of thioether (sulfide) groups is 1. The van der Waals surface area contributed by atoms with Gasteiger partial charge in [0.15, 0.2) is 15.8 Å². The van der Waals surface area contributed by atoms with Gasteiger partial charge >= 0.3 is 0 Å². The lowest BCUT2D eigenvalue weighted by Gasteiger charge is -2.17. The van der Waals surface area contributed by atoms with Gasteiger partial charge in [0.2, 0.25) is 0 Å². The van der Waals surface area contributed by atoms with Crippen LogP contribution < -0.4 is 19.3 Å². The van der Waals surface area contributed by atoms with Crippen molar-refractivity contribution < 1.29 is 14.3 Å². The van der Waals surface area contributed by atoms with Crippen molar-refractivity contribution in [1.82, 2.24) is 0 Å². The highest BCUT2D eigenvalue weighted by molar-refractivity contribution is 9.10. The van der Waals surface area contributed by atoms with Gasteiger partial charge in [-0.15, -0.1) is 0 Å². The maximum absolute atomic E-state index is 13.2. The average Bonchev–Trinajstić information content (AvgIpc) is 3.12. The van der Waals surface area contributed by atoms with Gasteiger partial charge in [-0.05, 0) is 76.5 Å².